The highest BCUT2D eigenvalue weighted by Gasteiger charge is 2.53. The van der Waals surface area contributed by atoms with Crippen molar-refractivity contribution in [2.24, 2.45) is 17.3 Å². The zero-order valence-electron chi connectivity index (χ0n) is 13.8. The van der Waals surface area contributed by atoms with Crippen LogP contribution < -0.4 is 0 Å². The van der Waals surface area contributed by atoms with E-state index in [0.29, 0.717) is 19.4 Å². The van der Waals surface area contributed by atoms with Crippen molar-refractivity contribution < 1.29 is 23.5 Å². The van der Waals surface area contributed by atoms with Crippen LogP contribution in [0.5, 0.6) is 0 Å². The number of carboxylic acid groups (broad SMARTS) is 1. The van der Waals surface area contributed by atoms with E-state index in [0.717, 1.165) is 6.07 Å². The number of carbonyl (C=O) groups is 2. The van der Waals surface area contributed by atoms with Crippen LogP contribution in [0.3, 0.4) is 0 Å². The number of nitrogens with zero attached hydrogens (tertiary/aromatic N) is 1. The summed E-state index contributed by atoms with van der Waals surface area (Å²) in [4.78, 5) is 25.9. The minimum atomic E-state index is -0.913. The van der Waals surface area contributed by atoms with Crippen LogP contribution in [0.4, 0.5) is 8.78 Å². The highest BCUT2D eigenvalue weighted by Crippen LogP contribution is 2.50. The van der Waals surface area contributed by atoms with E-state index in [4.69, 9.17) is 0 Å². The average molecular weight is 337 g/mol. The van der Waals surface area contributed by atoms with Gasteiger partial charge in [-0.05, 0) is 36.3 Å². The first-order valence-electron chi connectivity index (χ1n) is 8.24. The molecule has 2 fully saturated rings. The van der Waals surface area contributed by atoms with Crippen LogP contribution in [0.15, 0.2) is 18.2 Å². The number of likely N-dealkylation sites (tertiary alicyclic amines) is 1. The molecule has 0 aromatic heterocycles. The maximum Gasteiger partial charge on any atom is 0.311 e. The van der Waals surface area contributed by atoms with E-state index in [1.165, 1.54) is 12.1 Å². The number of rotatable bonds is 4. The number of hydrogen-bond donors (Lipinski definition) is 1. The first-order valence-corrected chi connectivity index (χ1v) is 8.24. The Labute approximate surface area is 139 Å². The summed E-state index contributed by atoms with van der Waals surface area (Å²) in [6.07, 6.45) is 0.912. The Morgan fingerprint density at radius 2 is 2.04 bits per heavy atom. The molecule has 3 rings (SSSR count). The van der Waals surface area contributed by atoms with Crippen LogP contribution in [0.1, 0.15) is 38.2 Å². The van der Waals surface area contributed by atoms with E-state index in [1.54, 1.807) is 4.90 Å². The molecule has 1 saturated heterocycles. The predicted octanol–water partition coefficient (Wildman–Crippen LogP) is 3.03. The minimum absolute atomic E-state index is 0.0801. The molecule has 1 aromatic rings. The molecular weight excluding hydrogens is 316 g/mol. The Hall–Kier alpha value is -1.98. The molecule has 6 heteroatoms. The molecule has 0 spiro atoms. The Kier molecular flexibility index (Phi) is 4.10. The number of aliphatic carboxylic acids is 1. The van der Waals surface area contributed by atoms with Crippen LogP contribution >= 0.6 is 0 Å². The lowest BCUT2D eigenvalue weighted by molar-refractivity contribution is -0.151. The molecular formula is C18H21F2NO3. The van der Waals surface area contributed by atoms with Crippen molar-refractivity contribution >= 4 is 11.9 Å². The molecule has 1 N–H and O–H groups in total. The molecule has 2 aliphatic rings. The average Bonchev–Trinajstić information content (AvgIpc) is 3.17. The molecule has 1 heterocycles. The van der Waals surface area contributed by atoms with Crippen LogP contribution in [0.25, 0.3) is 0 Å². The number of benzene rings is 1. The molecule has 4 nitrogen and oxygen atoms in total. The second-order valence-corrected chi connectivity index (χ2v) is 7.22. The van der Waals surface area contributed by atoms with Crippen LogP contribution in [0, 0.1) is 28.9 Å². The summed E-state index contributed by atoms with van der Waals surface area (Å²) in [5, 5.41) is 9.56. The summed E-state index contributed by atoms with van der Waals surface area (Å²) in [6, 6.07) is 4.01. The van der Waals surface area contributed by atoms with Crippen molar-refractivity contribution in [3.05, 3.63) is 35.4 Å². The SMILES string of the molecule is CC(C)C1(C(=O)O)CCN(C(=O)C2CC2c2cccc(F)c2F)C1. The van der Waals surface area contributed by atoms with E-state index >= 15 is 0 Å². The molecule has 1 saturated carbocycles. The maximum atomic E-state index is 13.9. The van der Waals surface area contributed by atoms with Crippen molar-refractivity contribution in [1.29, 1.82) is 0 Å². The Morgan fingerprint density at radius 3 is 2.62 bits per heavy atom. The second kappa shape index (κ2) is 5.83. The number of halogens is 2. The fraction of sp³-hybridized carbons (Fsp3) is 0.556. The third kappa shape index (κ3) is 2.58. The number of carbonyl (C=O) groups excluding carboxylic acids is 1. The monoisotopic (exact) mass is 337 g/mol. The van der Waals surface area contributed by atoms with Gasteiger partial charge in [-0.3, -0.25) is 9.59 Å². The summed E-state index contributed by atoms with van der Waals surface area (Å²) in [5.41, 5.74) is -0.676. The first kappa shape index (κ1) is 16.9. The largest absolute Gasteiger partial charge is 0.481 e. The zero-order chi connectivity index (χ0) is 17.6. The molecule has 1 aliphatic carbocycles. The molecule has 1 aliphatic heterocycles. The lowest BCUT2D eigenvalue weighted by Gasteiger charge is -2.28. The fourth-order valence-electron chi connectivity index (χ4n) is 3.77. The van der Waals surface area contributed by atoms with E-state index in [1.807, 2.05) is 13.8 Å². The van der Waals surface area contributed by atoms with E-state index in [-0.39, 0.29) is 35.8 Å². The Morgan fingerprint density at radius 1 is 1.33 bits per heavy atom. The summed E-state index contributed by atoms with van der Waals surface area (Å²) >= 11 is 0. The van der Waals surface area contributed by atoms with Crippen molar-refractivity contribution in [3.8, 4) is 0 Å². The van der Waals surface area contributed by atoms with Crippen molar-refractivity contribution in [1.82, 2.24) is 4.90 Å². The smallest absolute Gasteiger partial charge is 0.311 e. The molecule has 24 heavy (non-hydrogen) atoms. The van der Waals surface area contributed by atoms with Gasteiger partial charge in [-0.1, -0.05) is 26.0 Å². The van der Waals surface area contributed by atoms with Crippen molar-refractivity contribution in [2.75, 3.05) is 13.1 Å². The van der Waals surface area contributed by atoms with E-state index in [2.05, 4.69) is 0 Å². The highest BCUT2D eigenvalue weighted by molar-refractivity contribution is 5.85. The van der Waals surface area contributed by atoms with Gasteiger partial charge in [0.25, 0.3) is 0 Å². The second-order valence-electron chi connectivity index (χ2n) is 7.22. The van der Waals surface area contributed by atoms with Gasteiger partial charge in [-0.25, -0.2) is 8.78 Å². The zero-order valence-corrected chi connectivity index (χ0v) is 13.8. The van der Waals surface area contributed by atoms with Gasteiger partial charge < -0.3 is 10.0 Å². The molecule has 1 amide bonds. The van der Waals surface area contributed by atoms with Gasteiger partial charge in [0.2, 0.25) is 5.91 Å². The van der Waals surface area contributed by atoms with Gasteiger partial charge in [0, 0.05) is 19.0 Å². The van der Waals surface area contributed by atoms with Gasteiger partial charge in [0.05, 0.1) is 5.41 Å². The maximum absolute atomic E-state index is 13.9. The molecule has 1 aromatic carbocycles. The number of amides is 1. The third-order valence-corrected chi connectivity index (χ3v) is 5.63. The van der Waals surface area contributed by atoms with Crippen molar-refractivity contribution in [3.63, 3.8) is 0 Å². The molecule has 0 radical (unpaired) electrons. The molecule has 3 unspecified atom stereocenters. The Balaban J connectivity index is 1.71. The molecule has 3 atom stereocenters. The van der Waals surface area contributed by atoms with Crippen molar-refractivity contribution in [2.45, 2.75) is 32.6 Å². The lowest BCUT2D eigenvalue weighted by Crippen LogP contribution is -2.41. The summed E-state index contributed by atoms with van der Waals surface area (Å²) in [7, 11) is 0. The number of carboxylic acids is 1. The predicted molar refractivity (Wildman–Crippen MR) is 83.3 cm³/mol. The van der Waals surface area contributed by atoms with E-state index in [9.17, 15) is 23.5 Å². The summed E-state index contributed by atoms with van der Waals surface area (Å²) in [6.45, 7) is 4.29. The molecule has 0 bridgehead atoms. The van der Waals surface area contributed by atoms with Crippen LogP contribution in [-0.4, -0.2) is 35.0 Å². The van der Waals surface area contributed by atoms with Crippen LogP contribution in [0.2, 0.25) is 0 Å². The normalized spacial score (nSPS) is 29.1. The summed E-state index contributed by atoms with van der Waals surface area (Å²) in [5.74, 6) is -3.59. The van der Waals surface area contributed by atoms with Gasteiger partial charge in [-0.2, -0.15) is 0 Å². The van der Waals surface area contributed by atoms with E-state index < -0.39 is 23.0 Å². The number of hydrogen-bond acceptors (Lipinski definition) is 2. The standard InChI is InChI=1S/C18H21F2NO3/c1-10(2)18(17(23)24)6-7-21(9-18)16(22)13-8-12(13)11-4-3-5-14(19)15(11)20/h3-5,10,12-13H,6-9H2,1-2H3,(H,23,24). The fourth-order valence-corrected chi connectivity index (χ4v) is 3.77. The third-order valence-electron chi connectivity index (χ3n) is 5.63. The first-order chi connectivity index (χ1) is 11.3. The minimum Gasteiger partial charge on any atom is -0.481 e. The van der Waals surface area contributed by atoms with Crippen LogP contribution in [-0.2, 0) is 9.59 Å². The highest BCUT2D eigenvalue weighted by atomic mass is 19.2. The van der Waals surface area contributed by atoms with Gasteiger partial charge in [0.15, 0.2) is 11.6 Å². The quantitative estimate of drug-likeness (QED) is 0.919. The molecule has 130 valence electrons. The Bertz CT molecular complexity index is 691. The van der Waals surface area contributed by atoms with Gasteiger partial charge >= 0.3 is 5.97 Å². The topological polar surface area (TPSA) is 57.6 Å². The van der Waals surface area contributed by atoms with Gasteiger partial charge in [-0.15, -0.1) is 0 Å². The lowest BCUT2D eigenvalue weighted by atomic mass is 9.76. The summed E-state index contributed by atoms with van der Waals surface area (Å²) < 4.78 is 27.2. The van der Waals surface area contributed by atoms with Gasteiger partial charge in [0.1, 0.15) is 0 Å².